The fourth-order valence-corrected chi connectivity index (χ4v) is 1.44. The van der Waals surface area contributed by atoms with Crippen molar-refractivity contribution in [3.05, 3.63) is 22.7 Å². The predicted molar refractivity (Wildman–Crippen MR) is 56.5 cm³/mol. The van der Waals surface area contributed by atoms with Crippen LogP contribution in [0.25, 0.3) is 22.6 Å². The van der Waals surface area contributed by atoms with Crippen LogP contribution in [0.15, 0.2) is 17.2 Å². The van der Waals surface area contributed by atoms with E-state index in [1.54, 1.807) is 12.4 Å². The quantitative estimate of drug-likeness (QED) is 0.441. The van der Waals surface area contributed by atoms with Crippen molar-refractivity contribution in [3.8, 4) is 11.4 Å². The van der Waals surface area contributed by atoms with Crippen LogP contribution in [-0.4, -0.2) is 30.1 Å². The molecule has 3 heterocycles. The van der Waals surface area contributed by atoms with Gasteiger partial charge < -0.3 is 10.7 Å². The fourth-order valence-electron chi connectivity index (χ4n) is 1.44. The van der Waals surface area contributed by atoms with E-state index in [0.29, 0.717) is 11.3 Å². The number of hydrogen-bond donors (Lipinski definition) is 4. The minimum absolute atomic E-state index is 0.0442. The van der Waals surface area contributed by atoms with Crippen molar-refractivity contribution >= 4 is 17.1 Å². The molecule has 0 amide bonds. The van der Waals surface area contributed by atoms with E-state index in [4.69, 9.17) is 5.73 Å². The molecule has 0 aliphatic heterocycles. The summed E-state index contributed by atoms with van der Waals surface area (Å²) in [4.78, 5) is 24.8. The van der Waals surface area contributed by atoms with Gasteiger partial charge in [-0.25, -0.2) is 4.98 Å². The number of nitrogen functional groups attached to an aromatic ring is 1. The Hall–Kier alpha value is -2.64. The monoisotopic (exact) mass is 217 g/mol. The standard InChI is InChI=1S/C8H7N7O/c9-8-14-6-4(7(16)15-8)12-5(13-6)3-1-10-11-2-3/h1-2H,(H,10,11)(H4,9,12,13,14,15,16). The van der Waals surface area contributed by atoms with Crippen LogP contribution in [0.5, 0.6) is 0 Å². The third kappa shape index (κ3) is 1.16. The Morgan fingerprint density at radius 2 is 2.12 bits per heavy atom. The topological polar surface area (TPSA) is 129 Å². The van der Waals surface area contributed by atoms with Crippen LogP contribution in [0.3, 0.4) is 0 Å². The van der Waals surface area contributed by atoms with Gasteiger partial charge in [0, 0.05) is 6.20 Å². The van der Waals surface area contributed by atoms with Crippen molar-refractivity contribution in [3.63, 3.8) is 0 Å². The average Bonchev–Trinajstić information content (AvgIpc) is 2.82. The zero-order valence-electron chi connectivity index (χ0n) is 7.98. The second-order valence-electron chi connectivity index (χ2n) is 3.22. The Bertz CT molecular complexity index is 693. The molecule has 0 bridgehead atoms. The number of anilines is 1. The van der Waals surface area contributed by atoms with Gasteiger partial charge in [-0.3, -0.25) is 14.9 Å². The highest BCUT2D eigenvalue weighted by Gasteiger charge is 2.10. The molecule has 0 fully saturated rings. The maximum Gasteiger partial charge on any atom is 0.278 e. The molecule has 5 N–H and O–H groups in total. The summed E-state index contributed by atoms with van der Waals surface area (Å²) >= 11 is 0. The van der Waals surface area contributed by atoms with E-state index in [0.717, 1.165) is 5.56 Å². The van der Waals surface area contributed by atoms with Gasteiger partial charge in [-0.2, -0.15) is 10.1 Å². The van der Waals surface area contributed by atoms with Gasteiger partial charge in [0.1, 0.15) is 5.82 Å². The lowest BCUT2D eigenvalue weighted by Crippen LogP contribution is -2.10. The number of aromatic nitrogens is 6. The Morgan fingerprint density at radius 3 is 2.88 bits per heavy atom. The molecule has 3 aromatic rings. The number of nitrogens with zero attached hydrogens (tertiary/aromatic N) is 3. The number of H-pyrrole nitrogens is 3. The summed E-state index contributed by atoms with van der Waals surface area (Å²) in [5.41, 5.74) is 6.40. The molecule has 80 valence electrons. The minimum atomic E-state index is -0.343. The summed E-state index contributed by atoms with van der Waals surface area (Å²) in [7, 11) is 0. The zero-order valence-corrected chi connectivity index (χ0v) is 7.98. The molecule has 0 saturated heterocycles. The van der Waals surface area contributed by atoms with Crippen molar-refractivity contribution in [1.82, 2.24) is 30.1 Å². The Kier molecular flexibility index (Phi) is 1.58. The first-order valence-electron chi connectivity index (χ1n) is 4.49. The molecule has 8 heteroatoms. The van der Waals surface area contributed by atoms with Gasteiger partial charge in [-0.1, -0.05) is 0 Å². The molecule has 0 atom stereocenters. The Morgan fingerprint density at radius 1 is 1.25 bits per heavy atom. The van der Waals surface area contributed by atoms with Gasteiger partial charge in [-0.15, -0.1) is 0 Å². The van der Waals surface area contributed by atoms with Crippen molar-refractivity contribution in [2.24, 2.45) is 0 Å². The molecule has 0 aliphatic carbocycles. The van der Waals surface area contributed by atoms with Crippen LogP contribution < -0.4 is 11.3 Å². The molecular formula is C8H7N7O. The van der Waals surface area contributed by atoms with Crippen LogP contribution >= 0.6 is 0 Å². The van der Waals surface area contributed by atoms with Crippen LogP contribution in [0.1, 0.15) is 0 Å². The molecule has 0 spiro atoms. The highest BCUT2D eigenvalue weighted by atomic mass is 16.1. The molecule has 0 unspecified atom stereocenters. The first-order valence-corrected chi connectivity index (χ1v) is 4.49. The van der Waals surface area contributed by atoms with E-state index in [2.05, 4.69) is 30.1 Å². The van der Waals surface area contributed by atoms with E-state index in [1.165, 1.54) is 0 Å². The third-order valence-corrected chi connectivity index (χ3v) is 2.15. The number of rotatable bonds is 1. The molecule has 3 rings (SSSR count). The van der Waals surface area contributed by atoms with Gasteiger partial charge in [-0.05, 0) is 0 Å². The third-order valence-electron chi connectivity index (χ3n) is 2.15. The van der Waals surface area contributed by atoms with E-state index >= 15 is 0 Å². The number of nitrogens with one attached hydrogen (secondary N) is 3. The molecular weight excluding hydrogens is 210 g/mol. The molecule has 0 radical (unpaired) electrons. The van der Waals surface area contributed by atoms with Gasteiger partial charge in [0.2, 0.25) is 5.95 Å². The molecule has 0 saturated carbocycles. The highest BCUT2D eigenvalue weighted by Crippen LogP contribution is 2.15. The van der Waals surface area contributed by atoms with Gasteiger partial charge >= 0.3 is 0 Å². The van der Waals surface area contributed by atoms with Crippen molar-refractivity contribution in [2.45, 2.75) is 0 Å². The van der Waals surface area contributed by atoms with Crippen molar-refractivity contribution in [2.75, 3.05) is 5.73 Å². The van der Waals surface area contributed by atoms with E-state index < -0.39 is 0 Å². The molecule has 8 nitrogen and oxygen atoms in total. The van der Waals surface area contributed by atoms with Crippen LogP contribution in [0.4, 0.5) is 5.95 Å². The van der Waals surface area contributed by atoms with Crippen LogP contribution in [0, 0.1) is 0 Å². The number of imidazole rings is 1. The number of hydrogen-bond acceptors (Lipinski definition) is 5. The lowest BCUT2D eigenvalue weighted by molar-refractivity contribution is 1.09. The van der Waals surface area contributed by atoms with Crippen LogP contribution in [-0.2, 0) is 0 Å². The number of nitrogens with two attached hydrogens (primary N) is 1. The smallest absolute Gasteiger partial charge is 0.278 e. The lowest BCUT2D eigenvalue weighted by atomic mass is 10.3. The number of fused-ring (bicyclic) bond motifs is 1. The largest absolute Gasteiger partial charge is 0.369 e. The first-order chi connectivity index (χ1) is 7.74. The summed E-state index contributed by atoms with van der Waals surface area (Å²) in [6.07, 6.45) is 3.25. The second-order valence-corrected chi connectivity index (χ2v) is 3.22. The maximum atomic E-state index is 11.5. The summed E-state index contributed by atoms with van der Waals surface area (Å²) in [5, 5.41) is 6.45. The first kappa shape index (κ1) is 8.65. The Labute approximate surface area is 87.9 Å². The van der Waals surface area contributed by atoms with Crippen molar-refractivity contribution in [1.29, 1.82) is 0 Å². The van der Waals surface area contributed by atoms with E-state index in [1.807, 2.05) is 0 Å². The van der Waals surface area contributed by atoms with Gasteiger partial charge in [0.05, 0.1) is 11.8 Å². The second kappa shape index (κ2) is 2.92. The van der Waals surface area contributed by atoms with Crippen LogP contribution in [0.2, 0.25) is 0 Å². The SMILES string of the molecule is Nc1nc2nc(-c3cn[nH]c3)[nH]c2c(=O)[nH]1. The lowest BCUT2D eigenvalue weighted by Gasteiger charge is -1.89. The molecule has 3 aromatic heterocycles. The predicted octanol–water partition coefficient (Wildman–Crippen LogP) is -0.382. The summed E-state index contributed by atoms with van der Waals surface area (Å²) in [6, 6.07) is 0. The summed E-state index contributed by atoms with van der Waals surface area (Å²) in [5.74, 6) is 0.565. The van der Waals surface area contributed by atoms with Crippen molar-refractivity contribution < 1.29 is 0 Å². The minimum Gasteiger partial charge on any atom is -0.369 e. The van der Waals surface area contributed by atoms with E-state index in [-0.39, 0.29) is 17.2 Å². The zero-order chi connectivity index (χ0) is 11.1. The average molecular weight is 217 g/mol. The molecule has 0 aliphatic rings. The molecule has 16 heavy (non-hydrogen) atoms. The van der Waals surface area contributed by atoms with Gasteiger partial charge in [0.25, 0.3) is 5.56 Å². The normalized spacial score (nSPS) is 11.0. The summed E-state index contributed by atoms with van der Waals surface area (Å²) < 4.78 is 0. The summed E-state index contributed by atoms with van der Waals surface area (Å²) in [6.45, 7) is 0. The van der Waals surface area contributed by atoms with Gasteiger partial charge in [0.15, 0.2) is 11.2 Å². The fraction of sp³-hybridized carbons (Fsp3) is 0. The maximum absolute atomic E-state index is 11.5. The highest BCUT2D eigenvalue weighted by molar-refractivity contribution is 5.75. The molecule has 0 aromatic carbocycles. The van der Waals surface area contributed by atoms with E-state index in [9.17, 15) is 4.79 Å². The number of aromatic amines is 3. The Balaban J connectivity index is 2.31.